The van der Waals surface area contributed by atoms with Crippen LogP contribution >= 0.6 is 0 Å². The molecule has 0 heterocycles. The maximum Gasteiger partial charge on any atom is 0.165 e. The Labute approximate surface area is 184 Å². The monoisotopic (exact) mass is 408 g/mol. The highest BCUT2D eigenvalue weighted by atomic mass is 16.1. The van der Waals surface area contributed by atoms with Crippen LogP contribution in [0.3, 0.4) is 0 Å². The van der Waals surface area contributed by atoms with E-state index in [4.69, 9.17) is 0 Å². The van der Waals surface area contributed by atoms with Crippen molar-refractivity contribution in [2.45, 2.75) is 68.2 Å². The van der Waals surface area contributed by atoms with Crippen molar-refractivity contribution in [3.63, 3.8) is 0 Å². The Morgan fingerprint density at radius 3 is 1.60 bits per heavy atom. The lowest BCUT2D eigenvalue weighted by Crippen LogP contribution is -2.11. The number of hydrogen-bond acceptors (Lipinski definition) is 2. The van der Waals surface area contributed by atoms with Gasteiger partial charge in [-0.3, -0.25) is 9.59 Å². The molecule has 0 saturated heterocycles. The first-order chi connectivity index (χ1) is 14.0. The van der Waals surface area contributed by atoms with Gasteiger partial charge >= 0.3 is 0 Å². The van der Waals surface area contributed by atoms with Crippen molar-refractivity contribution in [2.24, 2.45) is 23.7 Å². The van der Waals surface area contributed by atoms with E-state index >= 15 is 0 Å². The fourth-order valence-electron chi connectivity index (χ4n) is 3.30. The summed E-state index contributed by atoms with van der Waals surface area (Å²) in [7, 11) is 0. The molecule has 0 bridgehead atoms. The molecule has 2 rings (SSSR count). The number of benzene rings is 2. The summed E-state index contributed by atoms with van der Waals surface area (Å²) in [5.74, 6) is 1.90. The molecule has 0 aliphatic heterocycles. The lowest BCUT2D eigenvalue weighted by molar-refractivity contribution is 0.0931. The van der Waals surface area contributed by atoms with Gasteiger partial charge in [0.15, 0.2) is 11.6 Å². The van der Waals surface area contributed by atoms with Crippen LogP contribution < -0.4 is 0 Å². The Morgan fingerprint density at radius 1 is 0.633 bits per heavy atom. The number of hydrogen-bond donors (Lipinski definition) is 0. The second-order valence-corrected chi connectivity index (χ2v) is 9.59. The standard InChI is InChI=1S/2C14H20O/c1-10(2)9-12-5-7-13(8-6-12)14(15)11(3)4;1-10(2)9-12-7-5-6-8-13(12)14(15)11(3)4/h2*5-8,10-11H,9H2,1-4H3. The Hall–Kier alpha value is -2.22. The van der Waals surface area contributed by atoms with Gasteiger partial charge in [0, 0.05) is 23.0 Å². The quantitative estimate of drug-likeness (QED) is 0.425. The van der Waals surface area contributed by atoms with Crippen LogP contribution in [0.1, 0.15) is 87.2 Å². The van der Waals surface area contributed by atoms with E-state index in [2.05, 4.69) is 45.9 Å². The molecular weight excluding hydrogens is 368 g/mol. The Balaban J connectivity index is 0.000000300. The summed E-state index contributed by atoms with van der Waals surface area (Å²) in [5, 5.41) is 0. The van der Waals surface area contributed by atoms with Crippen molar-refractivity contribution in [3.8, 4) is 0 Å². The summed E-state index contributed by atoms with van der Waals surface area (Å²) in [6.07, 6.45) is 2.06. The van der Waals surface area contributed by atoms with Crippen LogP contribution in [-0.4, -0.2) is 11.6 Å². The van der Waals surface area contributed by atoms with Gasteiger partial charge in [-0.15, -0.1) is 0 Å². The molecule has 0 aliphatic carbocycles. The van der Waals surface area contributed by atoms with Crippen molar-refractivity contribution in [3.05, 3.63) is 70.8 Å². The van der Waals surface area contributed by atoms with Crippen LogP contribution in [0.15, 0.2) is 48.5 Å². The van der Waals surface area contributed by atoms with E-state index in [1.165, 1.54) is 11.1 Å². The van der Waals surface area contributed by atoms with Crippen LogP contribution in [0.4, 0.5) is 0 Å². The van der Waals surface area contributed by atoms with Crippen molar-refractivity contribution in [2.75, 3.05) is 0 Å². The van der Waals surface area contributed by atoms with E-state index in [1.54, 1.807) is 0 Å². The molecule has 2 heteroatoms. The summed E-state index contributed by atoms with van der Waals surface area (Å²) >= 11 is 0. The van der Waals surface area contributed by atoms with Gasteiger partial charge in [0.05, 0.1) is 0 Å². The van der Waals surface area contributed by atoms with Crippen LogP contribution in [0, 0.1) is 23.7 Å². The summed E-state index contributed by atoms with van der Waals surface area (Å²) in [6, 6.07) is 16.0. The molecule has 30 heavy (non-hydrogen) atoms. The number of carbonyl (C=O) groups is 2. The molecule has 0 fully saturated rings. The first kappa shape index (κ1) is 25.8. The van der Waals surface area contributed by atoms with Crippen molar-refractivity contribution >= 4 is 11.6 Å². The summed E-state index contributed by atoms with van der Waals surface area (Å²) in [6.45, 7) is 16.5. The van der Waals surface area contributed by atoms with Gasteiger partial charge in [-0.25, -0.2) is 0 Å². The molecule has 164 valence electrons. The molecule has 2 aromatic carbocycles. The SMILES string of the molecule is CC(C)Cc1ccc(C(=O)C(C)C)cc1.CC(C)Cc1ccccc1C(=O)C(C)C. The van der Waals surface area contributed by atoms with E-state index in [9.17, 15) is 9.59 Å². The Kier molecular flexibility index (Phi) is 10.7. The minimum absolute atomic E-state index is 0.0818. The summed E-state index contributed by atoms with van der Waals surface area (Å²) in [5.41, 5.74) is 4.23. The third-order valence-corrected chi connectivity index (χ3v) is 4.84. The minimum atomic E-state index is 0.0818. The molecule has 0 unspecified atom stereocenters. The normalized spacial score (nSPS) is 11.1. The zero-order valence-electron chi connectivity index (χ0n) is 20.2. The maximum absolute atomic E-state index is 11.9. The van der Waals surface area contributed by atoms with Gasteiger partial charge in [0.25, 0.3) is 0 Å². The number of ketones is 2. The molecule has 0 atom stereocenters. The highest BCUT2D eigenvalue weighted by Gasteiger charge is 2.14. The van der Waals surface area contributed by atoms with E-state index in [0.717, 1.165) is 24.0 Å². The lowest BCUT2D eigenvalue weighted by atomic mass is 9.92. The Morgan fingerprint density at radius 2 is 1.13 bits per heavy atom. The fourth-order valence-corrected chi connectivity index (χ4v) is 3.30. The molecule has 0 aliphatic rings. The molecule has 2 nitrogen and oxygen atoms in total. The third kappa shape index (κ3) is 8.65. The zero-order valence-corrected chi connectivity index (χ0v) is 20.2. The van der Waals surface area contributed by atoms with E-state index < -0.39 is 0 Å². The van der Waals surface area contributed by atoms with Crippen LogP contribution in [-0.2, 0) is 12.8 Å². The fraction of sp³-hybridized carbons (Fsp3) is 0.500. The van der Waals surface area contributed by atoms with Crippen molar-refractivity contribution in [1.29, 1.82) is 0 Å². The molecule has 0 saturated carbocycles. The van der Waals surface area contributed by atoms with Crippen LogP contribution in [0.2, 0.25) is 0 Å². The molecule has 0 N–H and O–H groups in total. The predicted octanol–water partition coefficient (Wildman–Crippen LogP) is 7.45. The maximum atomic E-state index is 11.9. The average molecular weight is 409 g/mol. The van der Waals surface area contributed by atoms with E-state index in [0.29, 0.717) is 11.8 Å². The largest absolute Gasteiger partial charge is 0.294 e. The van der Waals surface area contributed by atoms with E-state index in [-0.39, 0.29) is 23.4 Å². The molecule has 0 radical (unpaired) electrons. The number of Topliss-reactive ketones (excluding diaryl/α,β-unsaturated/α-hetero) is 2. The van der Waals surface area contributed by atoms with Crippen molar-refractivity contribution in [1.82, 2.24) is 0 Å². The highest BCUT2D eigenvalue weighted by molar-refractivity contribution is 5.98. The van der Waals surface area contributed by atoms with Gasteiger partial charge in [-0.1, -0.05) is 104 Å². The lowest BCUT2D eigenvalue weighted by Gasteiger charge is -2.12. The van der Waals surface area contributed by atoms with Gasteiger partial charge in [0.2, 0.25) is 0 Å². The Bertz CT molecular complexity index is 796. The van der Waals surface area contributed by atoms with Gasteiger partial charge in [-0.2, -0.15) is 0 Å². The molecule has 0 amide bonds. The summed E-state index contributed by atoms with van der Waals surface area (Å²) < 4.78 is 0. The molecular formula is C28H40O2. The minimum Gasteiger partial charge on any atom is -0.294 e. The predicted molar refractivity (Wildman–Crippen MR) is 128 cm³/mol. The van der Waals surface area contributed by atoms with E-state index in [1.807, 2.05) is 58.0 Å². The third-order valence-electron chi connectivity index (χ3n) is 4.84. The highest BCUT2D eigenvalue weighted by Crippen LogP contribution is 2.17. The second kappa shape index (κ2) is 12.5. The first-order valence-electron chi connectivity index (χ1n) is 11.3. The van der Waals surface area contributed by atoms with Gasteiger partial charge in [-0.05, 0) is 35.8 Å². The molecule has 0 spiro atoms. The summed E-state index contributed by atoms with van der Waals surface area (Å²) in [4.78, 5) is 23.6. The topological polar surface area (TPSA) is 34.1 Å². The van der Waals surface area contributed by atoms with Crippen molar-refractivity contribution < 1.29 is 9.59 Å². The van der Waals surface area contributed by atoms with Gasteiger partial charge < -0.3 is 0 Å². The van der Waals surface area contributed by atoms with Crippen LogP contribution in [0.5, 0.6) is 0 Å². The van der Waals surface area contributed by atoms with Crippen LogP contribution in [0.25, 0.3) is 0 Å². The first-order valence-corrected chi connectivity index (χ1v) is 11.3. The molecule has 2 aromatic rings. The second-order valence-electron chi connectivity index (χ2n) is 9.59. The zero-order chi connectivity index (χ0) is 22.8. The van der Waals surface area contributed by atoms with Gasteiger partial charge in [0.1, 0.15) is 0 Å². The number of carbonyl (C=O) groups excluding carboxylic acids is 2. The number of rotatable bonds is 8. The average Bonchev–Trinajstić information content (AvgIpc) is 2.67. The molecule has 0 aromatic heterocycles. The smallest absolute Gasteiger partial charge is 0.165 e.